The van der Waals surface area contributed by atoms with Crippen molar-refractivity contribution in [2.24, 2.45) is 0 Å². The van der Waals surface area contributed by atoms with Gasteiger partial charge in [0.1, 0.15) is 11.5 Å². The van der Waals surface area contributed by atoms with E-state index >= 15 is 0 Å². The molecule has 0 radical (unpaired) electrons. The van der Waals surface area contributed by atoms with E-state index in [4.69, 9.17) is 9.47 Å². The number of amides is 1. The Labute approximate surface area is 134 Å². The number of carbonyl (C=O) groups excluding carboxylic acids is 1. The van der Waals surface area contributed by atoms with Crippen LogP contribution in [-0.2, 0) is 11.3 Å². The third-order valence-electron chi connectivity index (χ3n) is 2.86. The maximum atomic E-state index is 11.8. The number of hydrogen-bond donors (Lipinski definition) is 1. The van der Waals surface area contributed by atoms with Crippen molar-refractivity contribution >= 4 is 21.8 Å². The number of nitrogens with zero attached hydrogens (tertiary/aromatic N) is 1. The monoisotopic (exact) mass is 358 g/mol. The van der Waals surface area contributed by atoms with E-state index in [1.54, 1.807) is 14.2 Å². The Bertz CT molecular complexity index is 492. The van der Waals surface area contributed by atoms with E-state index in [1.165, 1.54) is 0 Å². The van der Waals surface area contributed by atoms with Crippen LogP contribution in [0.25, 0.3) is 0 Å². The second kappa shape index (κ2) is 8.24. The first-order valence-electron chi connectivity index (χ1n) is 6.75. The molecule has 5 nitrogen and oxygen atoms in total. The molecule has 0 unspecified atom stereocenters. The summed E-state index contributed by atoms with van der Waals surface area (Å²) in [4.78, 5) is 13.7. The molecule has 0 fully saturated rings. The van der Waals surface area contributed by atoms with Gasteiger partial charge in [0.2, 0.25) is 5.91 Å². The molecule has 1 aromatic carbocycles. The number of carbonyl (C=O) groups is 1. The maximum absolute atomic E-state index is 11.8. The fraction of sp³-hybridized carbons (Fsp3) is 0.533. The molecule has 0 bridgehead atoms. The van der Waals surface area contributed by atoms with E-state index in [0.717, 1.165) is 21.5 Å². The topological polar surface area (TPSA) is 50.8 Å². The summed E-state index contributed by atoms with van der Waals surface area (Å²) in [6.45, 7) is 4.82. The molecule has 21 heavy (non-hydrogen) atoms. The van der Waals surface area contributed by atoms with Crippen LogP contribution in [0.15, 0.2) is 16.6 Å². The largest absolute Gasteiger partial charge is 0.496 e. The normalized spacial score (nSPS) is 10.9. The molecule has 118 valence electrons. The van der Waals surface area contributed by atoms with E-state index in [1.807, 2.05) is 37.9 Å². The van der Waals surface area contributed by atoms with Gasteiger partial charge in [0.15, 0.2) is 0 Å². The van der Waals surface area contributed by atoms with Crippen LogP contribution in [0.5, 0.6) is 11.5 Å². The number of benzene rings is 1. The summed E-state index contributed by atoms with van der Waals surface area (Å²) >= 11 is 3.43. The van der Waals surface area contributed by atoms with Gasteiger partial charge in [0, 0.05) is 18.2 Å². The molecule has 6 heteroatoms. The van der Waals surface area contributed by atoms with Gasteiger partial charge in [0.05, 0.1) is 25.2 Å². The smallest absolute Gasteiger partial charge is 0.234 e. The van der Waals surface area contributed by atoms with Crippen LogP contribution in [0.3, 0.4) is 0 Å². The number of likely N-dealkylation sites (N-methyl/N-ethyl adjacent to an activating group) is 1. The van der Waals surface area contributed by atoms with Crippen LogP contribution in [-0.4, -0.2) is 44.7 Å². The third kappa shape index (κ3) is 5.55. The first-order chi connectivity index (χ1) is 9.87. The lowest BCUT2D eigenvalue weighted by molar-refractivity contribution is -0.122. The van der Waals surface area contributed by atoms with Crippen LogP contribution >= 0.6 is 15.9 Å². The molecule has 0 atom stereocenters. The molecule has 1 amide bonds. The fourth-order valence-corrected chi connectivity index (χ4v) is 2.49. The molecule has 0 saturated heterocycles. The minimum atomic E-state index is 0.00976. The van der Waals surface area contributed by atoms with Gasteiger partial charge in [-0.2, -0.15) is 0 Å². The van der Waals surface area contributed by atoms with Crippen LogP contribution in [0.1, 0.15) is 19.4 Å². The lowest BCUT2D eigenvalue weighted by atomic mass is 10.1. The second-order valence-corrected chi connectivity index (χ2v) is 6.05. The first kappa shape index (κ1) is 17.8. The van der Waals surface area contributed by atoms with Gasteiger partial charge in [-0.3, -0.25) is 9.69 Å². The molecule has 0 saturated carbocycles. The number of nitrogens with one attached hydrogen (secondary N) is 1. The van der Waals surface area contributed by atoms with Crippen LogP contribution in [0, 0.1) is 0 Å². The van der Waals surface area contributed by atoms with Gasteiger partial charge in [-0.05, 0) is 49.0 Å². The molecule has 0 aromatic heterocycles. The Balaban J connectivity index is 2.79. The minimum Gasteiger partial charge on any atom is -0.496 e. The predicted octanol–water partition coefficient (Wildman–Crippen LogP) is 2.42. The third-order valence-corrected chi connectivity index (χ3v) is 3.48. The molecule has 0 aliphatic rings. The van der Waals surface area contributed by atoms with Gasteiger partial charge in [-0.15, -0.1) is 0 Å². The Morgan fingerprint density at radius 2 is 1.90 bits per heavy atom. The summed E-state index contributed by atoms with van der Waals surface area (Å²) in [5.41, 5.74) is 0.970. The Kier molecular flexibility index (Phi) is 6.98. The highest BCUT2D eigenvalue weighted by Crippen LogP contribution is 2.33. The number of rotatable bonds is 7. The highest BCUT2D eigenvalue weighted by molar-refractivity contribution is 9.10. The minimum absolute atomic E-state index is 0.00976. The SMILES string of the molecule is COc1cc(CN(C)CC(=O)NC(C)C)c(OC)cc1Br. The molecule has 1 aromatic rings. The number of halogens is 1. The molecule has 1 N–H and O–H groups in total. The van der Waals surface area contributed by atoms with Gasteiger partial charge in [-0.1, -0.05) is 0 Å². The number of ether oxygens (including phenoxy) is 2. The van der Waals surface area contributed by atoms with Crippen molar-refractivity contribution in [2.45, 2.75) is 26.4 Å². The quantitative estimate of drug-likeness (QED) is 0.813. The summed E-state index contributed by atoms with van der Waals surface area (Å²) in [5.74, 6) is 1.51. The Morgan fingerprint density at radius 3 is 2.43 bits per heavy atom. The highest BCUT2D eigenvalue weighted by Gasteiger charge is 2.13. The fourth-order valence-electron chi connectivity index (χ4n) is 2.01. The Morgan fingerprint density at radius 1 is 1.29 bits per heavy atom. The van der Waals surface area contributed by atoms with Crippen molar-refractivity contribution < 1.29 is 14.3 Å². The van der Waals surface area contributed by atoms with E-state index in [2.05, 4.69) is 21.2 Å². The summed E-state index contributed by atoms with van der Waals surface area (Å²) in [7, 11) is 5.15. The van der Waals surface area contributed by atoms with Gasteiger partial charge < -0.3 is 14.8 Å². The maximum Gasteiger partial charge on any atom is 0.234 e. The van der Waals surface area contributed by atoms with Crippen molar-refractivity contribution in [2.75, 3.05) is 27.8 Å². The molecular formula is C15H23BrN2O3. The van der Waals surface area contributed by atoms with Gasteiger partial charge in [-0.25, -0.2) is 0 Å². The van der Waals surface area contributed by atoms with E-state index < -0.39 is 0 Å². The van der Waals surface area contributed by atoms with Crippen molar-refractivity contribution in [3.8, 4) is 11.5 Å². The average Bonchev–Trinajstić information content (AvgIpc) is 2.38. The van der Waals surface area contributed by atoms with E-state index in [-0.39, 0.29) is 11.9 Å². The zero-order chi connectivity index (χ0) is 16.0. The summed E-state index contributed by atoms with van der Waals surface area (Å²) in [6, 6.07) is 3.93. The van der Waals surface area contributed by atoms with Crippen molar-refractivity contribution in [1.29, 1.82) is 0 Å². The lowest BCUT2D eigenvalue weighted by Gasteiger charge is -2.20. The van der Waals surface area contributed by atoms with Crippen LogP contribution < -0.4 is 14.8 Å². The lowest BCUT2D eigenvalue weighted by Crippen LogP contribution is -2.38. The van der Waals surface area contributed by atoms with Gasteiger partial charge in [0.25, 0.3) is 0 Å². The molecule has 0 aliphatic heterocycles. The number of methoxy groups -OCH3 is 2. The number of hydrogen-bond acceptors (Lipinski definition) is 4. The highest BCUT2D eigenvalue weighted by atomic mass is 79.9. The van der Waals surface area contributed by atoms with Crippen molar-refractivity contribution in [1.82, 2.24) is 10.2 Å². The molecule has 0 spiro atoms. The summed E-state index contributed by atoms with van der Waals surface area (Å²) < 4.78 is 11.5. The summed E-state index contributed by atoms with van der Waals surface area (Å²) in [6.07, 6.45) is 0. The van der Waals surface area contributed by atoms with Gasteiger partial charge >= 0.3 is 0 Å². The zero-order valence-corrected chi connectivity index (χ0v) is 14.8. The molecule has 0 aliphatic carbocycles. The molecular weight excluding hydrogens is 336 g/mol. The van der Waals surface area contributed by atoms with Crippen LogP contribution in [0.2, 0.25) is 0 Å². The van der Waals surface area contributed by atoms with Crippen LogP contribution in [0.4, 0.5) is 0 Å². The standard InChI is InChI=1S/C15H23BrN2O3/c1-10(2)17-15(19)9-18(3)8-11-6-14(21-5)12(16)7-13(11)20-4/h6-7,10H,8-9H2,1-5H3,(H,17,19). The zero-order valence-electron chi connectivity index (χ0n) is 13.2. The van der Waals surface area contributed by atoms with E-state index in [0.29, 0.717) is 13.1 Å². The predicted molar refractivity (Wildman–Crippen MR) is 86.9 cm³/mol. The van der Waals surface area contributed by atoms with Crippen molar-refractivity contribution in [3.63, 3.8) is 0 Å². The molecule has 0 heterocycles. The van der Waals surface area contributed by atoms with E-state index in [9.17, 15) is 4.79 Å². The first-order valence-corrected chi connectivity index (χ1v) is 7.55. The Hall–Kier alpha value is -1.27. The van der Waals surface area contributed by atoms with Crippen molar-refractivity contribution in [3.05, 3.63) is 22.2 Å². The average molecular weight is 359 g/mol. The second-order valence-electron chi connectivity index (χ2n) is 5.19. The molecule has 1 rings (SSSR count). The summed E-state index contributed by atoms with van der Waals surface area (Å²) in [5, 5.41) is 2.88.